The largest absolute Gasteiger partial charge is 0.436 e. The summed E-state index contributed by atoms with van der Waals surface area (Å²) < 4.78 is 13.1. The van der Waals surface area contributed by atoms with E-state index in [-0.39, 0.29) is 0 Å². The summed E-state index contributed by atoms with van der Waals surface area (Å²) in [6.07, 6.45) is 9.88. The van der Waals surface area contributed by atoms with Crippen LogP contribution in [-0.4, -0.2) is 25.2 Å². The van der Waals surface area contributed by atoms with Crippen molar-refractivity contribution in [2.75, 3.05) is 0 Å². The maximum Gasteiger partial charge on any atom is 0.318 e. The molecular weight excluding hydrogens is 308 g/mol. The van der Waals surface area contributed by atoms with E-state index < -0.39 is 25.2 Å². The molecule has 2 unspecified atom stereocenters. The van der Waals surface area contributed by atoms with Crippen LogP contribution in [0.15, 0.2) is 23.8 Å². The van der Waals surface area contributed by atoms with Crippen LogP contribution in [0.3, 0.4) is 0 Å². The third-order valence-corrected chi connectivity index (χ3v) is 13.2. The molecule has 0 N–H and O–H groups in total. The first-order chi connectivity index (χ1) is 9.46. The van der Waals surface area contributed by atoms with Crippen LogP contribution in [0.2, 0.25) is 51.9 Å². The number of allylic oxidation sites excluding steroid dienone is 4. The van der Waals surface area contributed by atoms with E-state index in [0.29, 0.717) is 5.92 Å². The lowest BCUT2D eigenvalue weighted by molar-refractivity contribution is 0.389. The summed E-state index contributed by atoms with van der Waals surface area (Å²) in [7, 11) is -5.23. The van der Waals surface area contributed by atoms with Crippen LogP contribution in [0.1, 0.15) is 12.8 Å². The first-order valence-corrected chi connectivity index (χ1v) is 17.6. The maximum absolute atomic E-state index is 6.57. The number of rotatable bonds is 6. The second-order valence-corrected chi connectivity index (χ2v) is 21.5. The minimum absolute atomic E-state index is 0.715. The Kier molecular flexibility index (Phi) is 4.91. The molecule has 2 aliphatic carbocycles. The highest BCUT2D eigenvalue weighted by molar-refractivity contribution is 6.87. The molecule has 0 heterocycles. The topological polar surface area (TPSA) is 18.5 Å². The van der Waals surface area contributed by atoms with E-state index >= 15 is 0 Å². The summed E-state index contributed by atoms with van der Waals surface area (Å²) in [5.74, 6) is 1.53. The van der Waals surface area contributed by atoms with Crippen LogP contribution >= 0.6 is 0 Å². The average molecular weight is 341 g/mol. The van der Waals surface area contributed by atoms with Crippen molar-refractivity contribution >= 4 is 25.2 Å². The smallest absolute Gasteiger partial charge is 0.318 e. The Morgan fingerprint density at radius 2 is 1.57 bits per heavy atom. The van der Waals surface area contributed by atoms with E-state index in [1.165, 1.54) is 12.8 Å². The van der Waals surface area contributed by atoms with Crippen LogP contribution < -0.4 is 0 Å². The molecule has 0 amide bonds. The van der Waals surface area contributed by atoms with Crippen LogP contribution in [0, 0.1) is 11.8 Å². The molecule has 2 rings (SSSR count). The van der Waals surface area contributed by atoms with Crippen molar-refractivity contribution in [1.82, 2.24) is 0 Å². The van der Waals surface area contributed by atoms with Gasteiger partial charge in [-0.25, -0.2) is 0 Å². The molecule has 0 spiro atoms. The van der Waals surface area contributed by atoms with Gasteiger partial charge in [0.2, 0.25) is 0 Å². The molecule has 5 heteroatoms. The summed E-state index contributed by atoms with van der Waals surface area (Å²) in [6, 6.07) is 1.02. The molecule has 2 nitrogen and oxygen atoms in total. The van der Waals surface area contributed by atoms with Gasteiger partial charge in [0.15, 0.2) is 16.6 Å². The summed E-state index contributed by atoms with van der Waals surface area (Å²) in [4.78, 5) is 0. The molecule has 1 fully saturated rings. The molecule has 2 bridgehead atoms. The van der Waals surface area contributed by atoms with Crippen molar-refractivity contribution in [3.63, 3.8) is 0 Å². The molecule has 120 valence electrons. The van der Waals surface area contributed by atoms with E-state index in [9.17, 15) is 0 Å². The molecule has 0 saturated heterocycles. The number of fused-ring (bicyclic) bond motifs is 2. The predicted molar refractivity (Wildman–Crippen MR) is 98.7 cm³/mol. The zero-order chi connectivity index (χ0) is 15.9. The quantitative estimate of drug-likeness (QED) is 0.483. The number of hydrogen-bond donors (Lipinski definition) is 0. The van der Waals surface area contributed by atoms with Crippen LogP contribution in [0.25, 0.3) is 0 Å². The van der Waals surface area contributed by atoms with Crippen molar-refractivity contribution in [2.24, 2.45) is 11.8 Å². The van der Waals surface area contributed by atoms with Crippen molar-refractivity contribution in [2.45, 2.75) is 64.7 Å². The fraction of sp³-hybridized carbons (Fsp3) is 0.750. The van der Waals surface area contributed by atoms with Gasteiger partial charge in [0.25, 0.3) is 0 Å². The predicted octanol–water partition coefficient (Wildman–Crippen LogP) is 5.28. The van der Waals surface area contributed by atoms with Gasteiger partial charge in [-0.05, 0) is 70.5 Å². The van der Waals surface area contributed by atoms with E-state index in [2.05, 4.69) is 64.1 Å². The highest BCUT2D eigenvalue weighted by atomic mass is 28.5. The summed E-state index contributed by atoms with van der Waals surface area (Å²) in [5, 5.41) is 0. The second kappa shape index (κ2) is 5.92. The fourth-order valence-corrected chi connectivity index (χ4v) is 15.8. The van der Waals surface area contributed by atoms with Gasteiger partial charge >= 0.3 is 8.56 Å². The SMILES string of the molecule is C[Si](C)(C)O[Si](C)(C/C=C1\CC2C=CC1C2)O[Si](C)(C)C. The minimum atomic E-state index is -2.09. The minimum Gasteiger partial charge on any atom is -0.436 e. The van der Waals surface area contributed by atoms with Crippen LogP contribution in [0.5, 0.6) is 0 Å². The molecule has 2 atom stereocenters. The lowest BCUT2D eigenvalue weighted by atomic mass is 10.0. The zero-order valence-electron chi connectivity index (χ0n) is 14.8. The Bertz CT molecular complexity index is 427. The highest BCUT2D eigenvalue weighted by Crippen LogP contribution is 2.43. The van der Waals surface area contributed by atoms with E-state index in [0.717, 1.165) is 12.0 Å². The monoisotopic (exact) mass is 340 g/mol. The Morgan fingerprint density at radius 1 is 1.00 bits per heavy atom. The van der Waals surface area contributed by atoms with Gasteiger partial charge < -0.3 is 8.23 Å². The Hall–Kier alpha value is 0.0506. The molecule has 0 aromatic rings. The third kappa shape index (κ3) is 5.32. The Morgan fingerprint density at radius 3 is 1.95 bits per heavy atom. The van der Waals surface area contributed by atoms with Crippen molar-refractivity contribution < 1.29 is 8.23 Å². The fourth-order valence-electron chi connectivity index (χ4n) is 3.61. The maximum atomic E-state index is 6.57. The molecule has 21 heavy (non-hydrogen) atoms. The third-order valence-electron chi connectivity index (χ3n) is 3.93. The molecule has 1 saturated carbocycles. The molecule has 0 aromatic heterocycles. The van der Waals surface area contributed by atoms with Gasteiger partial charge in [0, 0.05) is 6.04 Å². The van der Waals surface area contributed by atoms with Gasteiger partial charge in [0.05, 0.1) is 0 Å². The van der Waals surface area contributed by atoms with Crippen LogP contribution in [-0.2, 0) is 8.23 Å². The average Bonchev–Trinajstić information content (AvgIpc) is 2.82. The van der Waals surface area contributed by atoms with Gasteiger partial charge in [-0.2, -0.15) is 0 Å². The lowest BCUT2D eigenvalue weighted by Gasteiger charge is -2.38. The summed E-state index contributed by atoms with van der Waals surface area (Å²) in [5.41, 5.74) is 1.64. The Balaban J connectivity index is 2.09. The summed E-state index contributed by atoms with van der Waals surface area (Å²) >= 11 is 0. The van der Waals surface area contributed by atoms with Gasteiger partial charge in [-0.15, -0.1) is 0 Å². The van der Waals surface area contributed by atoms with Crippen molar-refractivity contribution in [1.29, 1.82) is 0 Å². The standard InChI is InChI=1S/C16H32O2Si3/c1-19(2,3)17-21(7,18-20(4,5)6)11-10-16-13-14-8-9-15(16)12-14/h8-10,14-15H,11-13H2,1-7H3/b16-10+. The first-order valence-electron chi connectivity index (χ1n) is 8.23. The molecule has 0 aliphatic heterocycles. The van der Waals surface area contributed by atoms with Crippen molar-refractivity contribution in [3.05, 3.63) is 23.8 Å². The van der Waals surface area contributed by atoms with Gasteiger partial charge in [-0.1, -0.05) is 23.8 Å². The Labute approximate surface area is 134 Å². The second-order valence-electron chi connectivity index (χ2n) is 8.74. The molecule has 0 radical (unpaired) electrons. The summed E-state index contributed by atoms with van der Waals surface area (Å²) in [6.45, 7) is 15.9. The van der Waals surface area contributed by atoms with Crippen LogP contribution in [0.4, 0.5) is 0 Å². The van der Waals surface area contributed by atoms with Gasteiger partial charge in [-0.3, -0.25) is 0 Å². The molecule has 0 aromatic carbocycles. The molecular formula is C16H32O2Si3. The lowest BCUT2D eigenvalue weighted by Crippen LogP contribution is -2.52. The molecule has 2 aliphatic rings. The van der Waals surface area contributed by atoms with E-state index in [4.69, 9.17) is 8.23 Å². The highest BCUT2D eigenvalue weighted by Gasteiger charge is 2.40. The van der Waals surface area contributed by atoms with E-state index in [1.54, 1.807) is 5.57 Å². The van der Waals surface area contributed by atoms with Crippen molar-refractivity contribution in [3.8, 4) is 0 Å². The van der Waals surface area contributed by atoms with Gasteiger partial charge in [0.1, 0.15) is 0 Å². The number of hydrogen-bond acceptors (Lipinski definition) is 2. The zero-order valence-corrected chi connectivity index (χ0v) is 17.8. The first kappa shape index (κ1) is 17.4. The normalized spacial score (nSPS) is 27.9. The van der Waals surface area contributed by atoms with E-state index in [1.807, 2.05) is 0 Å².